The zero-order valence-corrected chi connectivity index (χ0v) is 16.4. The van der Waals surface area contributed by atoms with E-state index in [0.717, 1.165) is 22.4 Å². The minimum absolute atomic E-state index is 0.370. The number of rotatable bonds is 4. The molecule has 1 aliphatic rings. The minimum Gasteiger partial charge on any atom is -0.466 e. The van der Waals surface area contributed by atoms with Crippen LogP contribution in [0.4, 0.5) is 5.69 Å². The average molecular weight is 377 g/mol. The lowest BCUT2D eigenvalue weighted by Gasteiger charge is -2.30. The topological polar surface area (TPSA) is 55.8 Å². The summed E-state index contributed by atoms with van der Waals surface area (Å²) in [4.78, 5) is 27.0. The third kappa shape index (κ3) is 3.69. The lowest BCUT2D eigenvalue weighted by molar-refractivity contribution is -0.137. The Morgan fingerprint density at radius 3 is 1.89 bits per heavy atom. The summed E-state index contributed by atoms with van der Waals surface area (Å²) in [7, 11) is 2.67. The van der Waals surface area contributed by atoms with Gasteiger partial charge in [0, 0.05) is 18.1 Å². The van der Waals surface area contributed by atoms with Crippen LogP contribution < -0.4 is 4.90 Å². The van der Waals surface area contributed by atoms with E-state index in [0.29, 0.717) is 11.1 Å². The molecule has 144 valence electrons. The van der Waals surface area contributed by atoms with Gasteiger partial charge in [0.1, 0.15) is 0 Å². The molecular formula is C23H23NO4. The quantitative estimate of drug-likeness (QED) is 0.753. The normalized spacial score (nSPS) is 14.2. The smallest absolute Gasteiger partial charge is 0.336 e. The number of nitrogens with zero attached hydrogens (tertiary/aromatic N) is 1. The first-order valence-electron chi connectivity index (χ1n) is 8.97. The third-order valence-electron chi connectivity index (χ3n) is 4.94. The molecule has 1 heterocycles. The monoisotopic (exact) mass is 377 g/mol. The molecule has 5 nitrogen and oxygen atoms in total. The van der Waals surface area contributed by atoms with Gasteiger partial charge >= 0.3 is 11.9 Å². The van der Waals surface area contributed by atoms with Gasteiger partial charge < -0.3 is 14.4 Å². The van der Waals surface area contributed by atoms with Crippen molar-refractivity contribution in [2.24, 2.45) is 0 Å². The molecule has 0 aliphatic carbocycles. The fraction of sp³-hybridized carbons (Fsp3) is 0.217. The average Bonchev–Trinajstić information content (AvgIpc) is 2.74. The molecule has 0 spiro atoms. The molecule has 0 fully saturated rings. The lowest BCUT2D eigenvalue weighted by Crippen LogP contribution is -2.28. The number of ether oxygens (including phenoxy) is 2. The maximum absolute atomic E-state index is 12.6. The van der Waals surface area contributed by atoms with Crippen molar-refractivity contribution in [1.29, 1.82) is 0 Å². The summed E-state index contributed by atoms with van der Waals surface area (Å²) in [5.74, 6) is -1.54. The summed E-state index contributed by atoms with van der Waals surface area (Å²) in [6.45, 7) is 4.05. The molecule has 28 heavy (non-hydrogen) atoms. The van der Waals surface area contributed by atoms with Gasteiger partial charge in [-0.15, -0.1) is 0 Å². The van der Waals surface area contributed by atoms with Crippen LogP contribution in [0.1, 0.15) is 22.6 Å². The molecule has 5 heteroatoms. The first-order chi connectivity index (χ1) is 13.5. The van der Waals surface area contributed by atoms with Crippen molar-refractivity contribution in [3.63, 3.8) is 0 Å². The van der Waals surface area contributed by atoms with Crippen LogP contribution in [0.3, 0.4) is 0 Å². The molecule has 0 saturated carbocycles. The fourth-order valence-corrected chi connectivity index (χ4v) is 3.27. The van der Waals surface area contributed by atoms with E-state index in [1.165, 1.54) is 14.2 Å². The summed E-state index contributed by atoms with van der Waals surface area (Å²) in [6.07, 6.45) is 3.44. The lowest BCUT2D eigenvalue weighted by atomic mass is 9.83. The van der Waals surface area contributed by atoms with Crippen LogP contribution in [0.2, 0.25) is 0 Å². The van der Waals surface area contributed by atoms with Crippen molar-refractivity contribution in [1.82, 2.24) is 0 Å². The Hall–Kier alpha value is -3.34. The SMILES string of the molecule is COC(=O)C1=CN(c2ccc(C)c(C)c2)C=C(C(=O)OC)C1c1ccccc1. The predicted octanol–water partition coefficient (Wildman–Crippen LogP) is 4.02. The highest BCUT2D eigenvalue weighted by Gasteiger charge is 2.35. The van der Waals surface area contributed by atoms with Gasteiger partial charge in [0.2, 0.25) is 0 Å². The number of methoxy groups -OCH3 is 2. The van der Waals surface area contributed by atoms with Crippen LogP contribution in [0, 0.1) is 13.8 Å². The number of carbonyl (C=O) groups is 2. The molecule has 0 aromatic heterocycles. The summed E-state index contributed by atoms with van der Waals surface area (Å²) in [5.41, 5.74) is 4.68. The van der Waals surface area contributed by atoms with Gasteiger partial charge in [-0.3, -0.25) is 0 Å². The molecule has 0 saturated heterocycles. The molecule has 2 aromatic rings. The molecule has 1 aliphatic heterocycles. The van der Waals surface area contributed by atoms with Crippen molar-refractivity contribution in [2.45, 2.75) is 19.8 Å². The number of carbonyl (C=O) groups excluding carboxylic acids is 2. The number of aryl methyl sites for hydroxylation is 2. The van der Waals surface area contributed by atoms with E-state index in [1.807, 2.05) is 62.4 Å². The Morgan fingerprint density at radius 1 is 0.821 bits per heavy atom. The van der Waals surface area contributed by atoms with Gasteiger partial charge in [-0.05, 0) is 42.7 Å². The summed E-state index contributed by atoms with van der Waals surface area (Å²) in [5, 5.41) is 0. The second kappa shape index (κ2) is 8.13. The van der Waals surface area contributed by atoms with Crippen molar-refractivity contribution >= 4 is 17.6 Å². The van der Waals surface area contributed by atoms with E-state index >= 15 is 0 Å². The molecule has 0 amide bonds. The maximum atomic E-state index is 12.6. The molecular weight excluding hydrogens is 354 g/mol. The van der Waals surface area contributed by atoms with Gasteiger partial charge in [0.15, 0.2) is 0 Å². The van der Waals surface area contributed by atoms with E-state index in [-0.39, 0.29) is 0 Å². The van der Waals surface area contributed by atoms with Gasteiger partial charge in [0.25, 0.3) is 0 Å². The molecule has 0 unspecified atom stereocenters. The summed E-state index contributed by atoms with van der Waals surface area (Å²) in [6, 6.07) is 15.3. The summed E-state index contributed by atoms with van der Waals surface area (Å²) < 4.78 is 10.0. The van der Waals surface area contributed by atoms with E-state index in [4.69, 9.17) is 9.47 Å². The Labute approximate surface area is 164 Å². The molecule has 0 radical (unpaired) electrons. The zero-order valence-electron chi connectivity index (χ0n) is 16.4. The number of hydrogen-bond donors (Lipinski definition) is 0. The van der Waals surface area contributed by atoms with Crippen molar-refractivity contribution < 1.29 is 19.1 Å². The number of benzene rings is 2. The van der Waals surface area contributed by atoms with Gasteiger partial charge in [-0.1, -0.05) is 36.4 Å². The highest BCUT2D eigenvalue weighted by atomic mass is 16.5. The summed E-state index contributed by atoms with van der Waals surface area (Å²) >= 11 is 0. The Bertz CT molecular complexity index is 926. The number of anilines is 1. The highest BCUT2D eigenvalue weighted by molar-refractivity contribution is 5.99. The van der Waals surface area contributed by atoms with Crippen molar-refractivity contribution in [3.8, 4) is 0 Å². The van der Waals surface area contributed by atoms with Gasteiger partial charge in [-0.25, -0.2) is 9.59 Å². The number of hydrogen-bond acceptors (Lipinski definition) is 5. The zero-order chi connectivity index (χ0) is 20.3. The van der Waals surface area contributed by atoms with Crippen LogP contribution in [0.15, 0.2) is 72.1 Å². The molecule has 0 atom stereocenters. The Morgan fingerprint density at radius 2 is 1.39 bits per heavy atom. The van der Waals surface area contributed by atoms with E-state index in [2.05, 4.69) is 0 Å². The standard InChI is InChI=1S/C23H23NO4/c1-15-10-11-18(12-16(15)2)24-13-19(22(25)27-3)21(17-8-6-5-7-9-17)20(14-24)23(26)28-4/h5-14,21H,1-4H3. The van der Waals surface area contributed by atoms with Crippen molar-refractivity contribution in [3.05, 3.63) is 88.8 Å². The molecule has 2 aromatic carbocycles. The Balaban J connectivity index is 2.18. The second-order valence-electron chi connectivity index (χ2n) is 6.67. The highest BCUT2D eigenvalue weighted by Crippen LogP contribution is 2.38. The maximum Gasteiger partial charge on any atom is 0.336 e. The van der Waals surface area contributed by atoms with E-state index in [1.54, 1.807) is 17.3 Å². The largest absolute Gasteiger partial charge is 0.466 e. The fourth-order valence-electron chi connectivity index (χ4n) is 3.27. The molecule has 0 bridgehead atoms. The van der Waals surface area contributed by atoms with E-state index in [9.17, 15) is 9.59 Å². The van der Waals surface area contributed by atoms with Gasteiger partial charge in [-0.2, -0.15) is 0 Å². The predicted molar refractivity (Wildman–Crippen MR) is 108 cm³/mol. The molecule has 0 N–H and O–H groups in total. The van der Waals surface area contributed by atoms with Crippen LogP contribution in [0.25, 0.3) is 0 Å². The second-order valence-corrected chi connectivity index (χ2v) is 6.67. The van der Waals surface area contributed by atoms with Crippen LogP contribution >= 0.6 is 0 Å². The van der Waals surface area contributed by atoms with Crippen LogP contribution in [-0.2, 0) is 19.1 Å². The first kappa shape index (κ1) is 19.4. The van der Waals surface area contributed by atoms with Gasteiger partial charge in [0.05, 0.1) is 31.3 Å². The third-order valence-corrected chi connectivity index (χ3v) is 4.94. The minimum atomic E-state index is -0.566. The Kier molecular flexibility index (Phi) is 5.64. The van der Waals surface area contributed by atoms with Crippen LogP contribution in [0.5, 0.6) is 0 Å². The van der Waals surface area contributed by atoms with E-state index < -0.39 is 17.9 Å². The van der Waals surface area contributed by atoms with Crippen LogP contribution in [-0.4, -0.2) is 26.2 Å². The molecule has 3 rings (SSSR count). The first-order valence-corrected chi connectivity index (χ1v) is 8.97. The van der Waals surface area contributed by atoms with Crippen molar-refractivity contribution in [2.75, 3.05) is 19.1 Å². The number of esters is 2.